The van der Waals surface area contributed by atoms with Gasteiger partial charge in [-0.25, -0.2) is 0 Å². The molecule has 1 fully saturated rings. The van der Waals surface area contributed by atoms with Gasteiger partial charge in [0.05, 0.1) is 17.9 Å². The zero-order valence-corrected chi connectivity index (χ0v) is 12.0. The van der Waals surface area contributed by atoms with E-state index in [9.17, 15) is 13.9 Å². The third-order valence-electron chi connectivity index (χ3n) is 2.90. The molecule has 3 nitrogen and oxygen atoms in total. The first kappa shape index (κ1) is 15.2. The van der Waals surface area contributed by atoms with Crippen molar-refractivity contribution >= 4 is 23.5 Å². The summed E-state index contributed by atoms with van der Waals surface area (Å²) in [6, 6.07) is 3.49. The van der Waals surface area contributed by atoms with E-state index in [0.717, 1.165) is 17.9 Å². The molecule has 0 aliphatic carbocycles. The maximum atomic E-state index is 12.0. The van der Waals surface area contributed by atoms with Crippen molar-refractivity contribution in [1.82, 2.24) is 5.32 Å². The fourth-order valence-corrected chi connectivity index (χ4v) is 3.63. The van der Waals surface area contributed by atoms with Gasteiger partial charge in [0, 0.05) is 12.3 Å². The number of thioether (sulfide) groups is 2. The highest BCUT2D eigenvalue weighted by Gasteiger charge is 2.31. The number of hydrogen-bond acceptors (Lipinski definition) is 5. The van der Waals surface area contributed by atoms with E-state index in [4.69, 9.17) is 4.42 Å². The lowest BCUT2D eigenvalue weighted by Crippen LogP contribution is -2.40. The maximum Gasteiger partial charge on any atom is 0.284 e. The third-order valence-corrected chi connectivity index (χ3v) is 4.84. The summed E-state index contributed by atoms with van der Waals surface area (Å²) in [6.07, 6.45) is 0.805. The van der Waals surface area contributed by atoms with E-state index in [-0.39, 0.29) is 5.75 Å². The van der Waals surface area contributed by atoms with Crippen LogP contribution >= 0.6 is 23.5 Å². The molecule has 0 saturated carbocycles. The topological polar surface area (TPSA) is 45.4 Å². The molecule has 1 aromatic rings. The van der Waals surface area contributed by atoms with Crippen LogP contribution in [0.1, 0.15) is 17.9 Å². The highest BCUT2D eigenvalue weighted by molar-refractivity contribution is 7.99. The van der Waals surface area contributed by atoms with Crippen LogP contribution in [0.4, 0.5) is 8.78 Å². The average molecular weight is 309 g/mol. The second-order valence-electron chi connectivity index (χ2n) is 4.57. The lowest BCUT2D eigenvalue weighted by atomic mass is 10.0. The molecule has 1 aromatic heterocycles. The van der Waals surface area contributed by atoms with E-state index >= 15 is 0 Å². The summed E-state index contributed by atoms with van der Waals surface area (Å²) in [4.78, 5) is 0. The highest BCUT2D eigenvalue weighted by Crippen LogP contribution is 2.27. The van der Waals surface area contributed by atoms with Crippen LogP contribution in [0.25, 0.3) is 0 Å². The molecular weight excluding hydrogens is 292 g/mol. The quantitative estimate of drug-likeness (QED) is 0.811. The molecule has 108 valence electrons. The van der Waals surface area contributed by atoms with Crippen LogP contribution in [-0.4, -0.2) is 34.5 Å². The molecule has 1 saturated heterocycles. The average Bonchev–Trinajstić information content (AvgIpc) is 2.97. The normalized spacial score (nSPS) is 23.4. The minimum absolute atomic E-state index is 0.179. The number of alkyl halides is 2. The predicted octanol–water partition coefficient (Wildman–Crippen LogP) is 2.69. The summed E-state index contributed by atoms with van der Waals surface area (Å²) >= 11 is 2.30. The first-order valence-corrected chi connectivity index (χ1v) is 8.26. The molecule has 2 N–H and O–H groups in total. The van der Waals surface area contributed by atoms with Gasteiger partial charge in [-0.2, -0.15) is 20.5 Å². The summed E-state index contributed by atoms with van der Waals surface area (Å²) < 4.78 is 29.5. The Morgan fingerprint density at radius 1 is 1.47 bits per heavy atom. The summed E-state index contributed by atoms with van der Waals surface area (Å²) in [5.41, 5.74) is -0.619. The lowest BCUT2D eigenvalue weighted by molar-refractivity contribution is 0.0670. The van der Waals surface area contributed by atoms with E-state index in [2.05, 4.69) is 5.32 Å². The van der Waals surface area contributed by atoms with Gasteiger partial charge in [0.15, 0.2) is 0 Å². The summed E-state index contributed by atoms with van der Waals surface area (Å²) in [7, 11) is 0. The van der Waals surface area contributed by atoms with Gasteiger partial charge in [-0.05, 0) is 24.3 Å². The Kier molecular flexibility index (Phi) is 5.56. The molecule has 1 unspecified atom stereocenters. The molecule has 0 spiro atoms. The largest absolute Gasteiger partial charge is 0.464 e. The number of rotatable bonds is 7. The summed E-state index contributed by atoms with van der Waals surface area (Å²) in [5.74, 6) is 0.817. The molecule has 0 radical (unpaired) electrons. The van der Waals surface area contributed by atoms with Crippen LogP contribution in [-0.2, 0) is 12.3 Å². The van der Waals surface area contributed by atoms with Crippen molar-refractivity contribution in [2.75, 3.05) is 18.1 Å². The zero-order chi connectivity index (χ0) is 13.7. The van der Waals surface area contributed by atoms with Crippen molar-refractivity contribution < 1.29 is 18.3 Å². The van der Waals surface area contributed by atoms with Crippen LogP contribution in [0.2, 0.25) is 0 Å². The zero-order valence-electron chi connectivity index (χ0n) is 10.4. The van der Waals surface area contributed by atoms with Crippen LogP contribution in [0.5, 0.6) is 0 Å². The van der Waals surface area contributed by atoms with Crippen molar-refractivity contribution in [2.24, 2.45) is 0 Å². The fourth-order valence-electron chi connectivity index (χ4n) is 1.89. The van der Waals surface area contributed by atoms with Gasteiger partial charge in [-0.15, -0.1) is 0 Å². The monoisotopic (exact) mass is 309 g/mol. The van der Waals surface area contributed by atoms with Gasteiger partial charge in [-0.3, -0.25) is 0 Å². The van der Waals surface area contributed by atoms with Gasteiger partial charge >= 0.3 is 0 Å². The lowest BCUT2D eigenvalue weighted by Gasteiger charge is -2.21. The van der Waals surface area contributed by atoms with E-state index < -0.39 is 11.4 Å². The minimum atomic E-state index is -2.37. The number of hydrogen-bond donors (Lipinski definition) is 2. The number of furan rings is 1. The van der Waals surface area contributed by atoms with E-state index in [1.165, 1.54) is 0 Å². The molecule has 19 heavy (non-hydrogen) atoms. The van der Waals surface area contributed by atoms with E-state index in [1.807, 2.05) is 0 Å². The van der Waals surface area contributed by atoms with Crippen molar-refractivity contribution in [3.63, 3.8) is 0 Å². The minimum Gasteiger partial charge on any atom is -0.464 e. The van der Waals surface area contributed by atoms with Gasteiger partial charge in [0.25, 0.3) is 5.76 Å². The standard InChI is InChI=1S/C12H17F2NO2S2/c13-11(14)19-6-10-2-1-9(17-10)5-15-7-12(16)3-4-18-8-12/h1-2,11,15-16H,3-8H2. The van der Waals surface area contributed by atoms with Crippen molar-refractivity contribution in [3.8, 4) is 0 Å². The SMILES string of the molecule is OC1(CNCc2ccc(CSC(F)F)o2)CCSC1. The first-order chi connectivity index (χ1) is 9.07. The molecule has 2 rings (SSSR count). The molecule has 0 amide bonds. The Hall–Kier alpha value is -0.240. The molecule has 0 aromatic carbocycles. The third kappa shape index (κ3) is 4.98. The smallest absolute Gasteiger partial charge is 0.284 e. The maximum absolute atomic E-state index is 12.0. The fraction of sp³-hybridized carbons (Fsp3) is 0.667. The van der Waals surface area contributed by atoms with Crippen LogP contribution in [0, 0.1) is 0 Å². The van der Waals surface area contributed by atoms with Crippen LogP contribution in [0.3, 0.4) is 0 Å². The Balaban J connectivity index is 1.71. The van der Waals surface area contributed by atoms with Gasteiger partial charge in [-0.1, -0.05) is 11.8 Å². The van der Waals surface area contributed by atoms with Crippen LogP contribution < -0.4 is 5.32 Å². The second kappa shape index (κ2) is 6.97. The van der Waals surface area contributed by atoms with Gasteiger partial charge < -0.3 is 14.8 Å². The van der Waals surface area contributed by atoms with E-state index in [0.29, 0.717) is 36.4 Å². The molecule has 2 heterocycles. The molecule has 1 aliphatic rings. The number of halogens is 2. The number of aliphatic hydroxyl groups is 1. The molecule has 0 bridgehead atoms. The Morgan fingerprint density at radius 2 is 2.26 bits per heavy atom. The molecular formula is C12H17F2NO2S2. The Labute approximate surface area is 119 Å². The van der Waals surface area contributed by atoms with Crippen LogP contribution in [0.15, 0.2) is 16.5 Å². The van der Waals surface area contributed by atoms with Crippen molar-refractivity contribution in [2.45, 2.75) is 30.1 Å². The molecule has 7 heteroatoms. The first-order valence-electron chi connectivity index (χ1n) is 6.06. The summed E-state index contributed by atoms with van der Waals surface area (Å²) in [5, 5.41) is 13.3. The predicted molar refractivity (Wildman–Crippen MR) is 74.6 cm³/mol. The van der Waals surface area contributed by atoms with E-state index in [1.54, 1.807) is 23.9 Å². The Bertz CT molecular complexity index is 395. The van der Waals surface area contributed by atoms with Crippen molar-refractivity contribution in [1.29, 1.82) is 0 Å². The van der Waals surface area contributed by atoms with Crippen molar-refractivity contribution in [3.05, 3.63) is 23.7 Å². The molecule has 1 aliphatic heterocycles. The molecule has 1 atom stereocenters. The van der Waals surface area contributed by atoms with Gasteiger partial charge in [0.1, 0.15) is 11.5 Å². The second-order valence-corrected chi connectivity index (χ2v) is 6.65. The van der Waals surface area contributed by atoms with Gasteiger partial charge in [0.2, 0.25) is 0 Å². The highest BCUT2D eigenvalue weighted by atomic mass is 32.2. The summed E-state index contributed by atoms with van der Waals surface area (Å²) in [6.45, 7) is 1.04. The Morgan fingerprint density at radius 3 is 2.95 bits per heavy atom. The number of nitrogens with one attached hydrogen (secondary N) is 1.